The second-order valence-corrected chi connectivity index (χ2v) is 6.12. The van der Waals surface area contributed by atoms with E-state index < -0.39 is 0 Å². The molecule has 0 saturated carbocycles. The normalized spacial score (nSPS) is 19.3. The standard InChI is InChI=1S/C15H17N5S/c1-9-4-5-18-11-7-10(13-3-2-6-21-13)8-12(14(9)11)19-20-15(16)17/h2-6,10H,7-8H2,1H3,(H4,16,17,20)/b19-12+. The van der Waals surface area contributed by atoms with Gasteiger partial charge in [-0.25, -0.2) is 0 Å². The number of hydrogen-bond donors (Lipinski definition) is 2. The van der Waals surface area contributed by atoms with E-state index >= 15 is 0 Å². The maximum atomic E-state index is 5.40. The molecule has 0 aliphatic heterocycles. The van der Waals surface area contributed by atoms with Gasteiger partial charge in [-0.15, -0.1) is 16.4 Å². The summed E-state index contributed by atoms with van der Waals surface area (Å²) < 4.78 is 0. The van der Waals surface area contributed by atoms with Gasteiger partial charge in [-0.05, 0) is 36.4 Å². The summed E-state index contributed by atoms with van der Waals surface area (Å²) in [6.07, 6.45) is 3.61. The first-order chi connectivity index (χ1) is 10.1. The average molecular weight is 299 g/mol. The molecule has 21 heavy (non-hydrogen) atoms. The zero-order valence-corrected chi connectivity index (χ0v) is 12.6. The van der Waals surface area contributed by atoms with E-state index in [9.17, 15) is 0 Å². The highest BCUT2D eigenvalue weighted by Crippen LogP contribution is 2.35. The summed E-state index contributed by atoms with van der Waals surface area (Å²) in [6, 6.07) is 6.23. The molecule has 0 bridgehead atoms. The van der Waals surface area contributed by atoms with Crippen LogP contribution in [0, 0.1) is 6.92 Å². The molecule has 6 heteroatoms. The summed E-state index contributed by atoms with van der Waals surface area (Å²) in [6.45, 7) is 2.07. The van der Waals surface area contributed by atoms with Crippen LogP contribution in [-0.4, -0.2) is 16.7 Å². The Hall–Kier alpha value is -2.21. The van der Waals surface area contributed by atoms with Crippen molar-refractivity contribution in [3.8, 4) is 0 Å². The van der Waals surface area contributed by atoms with Gasteiger partial charge in [0.1, 0.15) is 0 Å². The van der Waals surface area contributed by atoms with Gasteiger partial charge in [0.25, 0.3) is 0 Å². The Balaban J connectivity index is 2.06. The third-order valence-corrected chi connectivity index (χ3v) is 4.67. The van der Waals surface area contributed by atoms with E-state index in [1.807, 2.05) is 12.3 Å². The van der Waals surface area contributed by atoms with Gasteiger partial charge in [0.15, 0.2) is 0 Å². The molecule has 0 aromatic carbocycles. The maximum absolute atomic E-state index is 5.40. The molecule has 0 spiro atoms. The van der Waals surface area contributed by atoms with Crippen molar-refractivity contribution in [2.45, 2.75) is 25.7 Å². The number of fused-ring (bicyclic) bond motifs is 1. The van der Waals surface area contributed by atoms with E-state index in [1.54, 1.807) is 11.3 Å². The monoisotopic (exact) mass is 299 g/mol. The van der Waals surface area contributed by atoms with E-state index in [-0.39, 0.29) is 5.96 Å². The summed E-state index contributed by atoms with van der Waals surface area (Å²) >= 11 is 1.77. The van der Waals surface area contributed by atoms with Gasteiger partial charge in [0.05, 0.1) is 11.4 Å². The Bertz CT molecular complexity index is 699. The highest BCUT2D eigenvalue weighted by Gasteiger charge is 2.27. The first-order valence-electron chi connectivity index (χ1n) is 6.79. The molecule has 1 aliphatic rings. The number of thiophene rings is 1. The lowest BCUT2D eigenvalue weighted by Gasteiger charge is -2.25. The number of rotatable bonds is 2. The summed E-state index contributed by atoms with van der Waals surface area (Å²) in [7, 11) is 0. The highest BCUT2D eigenvalue weighted by molar-refractivity contribution is 7.10. The van der Waals surface area contributed by atoms with Crippen molar-refractivity contribution in [3.05, 3.63) is 51.5 Å². The van der Waals surface area contributed by atoms with Gasteiger partial charge in [-0.3, -0.25) is 4.98 Å². The molecule has 2 aromatic heterocycles. The number of guanidine groups is 1. The summed E-state index contributed by atoms with van der Waals surface area (Å²) in [5, 5.41) is 10.2. The van der Waals surface area contributed by atoms with E-state index in [2.05, 4.69) is 39.6 Å². The molecule has 4 N–H and O–H groups in total. The van der Waals surface area contributed by atoms with Crippen LogP contribution < -0.4 is 11.5 Å². The molecule has 1 atom stereocenters. The van der Waals surface area contributed by atoms with E-state index in [0.29, 0.717) is 5.92 Å². The number of nitrogens with two attached hydrogens (primary N) is 2. The first-order valence-corrected chi connectivity index (χ1v) is 7.67. The van der Waals surface area contributed by atoms with Crippen LogP contribution in [0.3, 0.4) is 0 Å². The molecule has 0 fully saturated rings. The quantitative estimate of drug-likeness (QED) is 0.506. The van der Waals surface area contributed by atoms with Crippen molar-refractivity contribution >= 4 is 23.0 Å². The molecule has 1 aliphatic carbocycles. The van der Waals surface area contributed by atoms with Crippen LogP contribution in [0.5, 0.6) is 0 Å². The van der Waals surface area contributed by atoms with Crippen LogP contribution in [0.25, 0.3) is 0 Å². The van der Waals surface area contributed by atoms with Crippen LogP contribution in [-0.2, 0) is 6.42 Å². The van der Waals surface area contributed by atoms with Crippen molar-refractivity contribution in [2.24, 2.45) is 21.7 Å². The van der Waals surface area contributed by atoms with Gasteiger partial charge < -0.3 is 11.5 Å². The minimum atomic E-state index is -0.0242. The fourth-order valence-electron chi connectivity index (χ4n) is 2.74. The van der Waals surface area contributed by atoms with Crippen molar-refractivity contribution in [1.82, 2.24) is 4.98 Å². The molecule has 0 amide bonds. The number of hydrogen-bond acceptors (Lipinski definition) is 4. The van der Waals surface area contributed by atoms with Gasteiger partial charge in [-0.2, -0.15) is 5.10 Å². The summed E-state index contributed by atoms with van der Waals surface area (Å²) in [5.41, 5.74) is 15.0. The predicted octanol–water partition coefficient (Wildman–Crippen LogP) is 2.16. The maximum Gasteiger partial charge on any atom is 0.211 e. The predicted molar refractivity (Wildman–Crippen MR) is 86.7 cm³/mol. The Morgan fingerprint density at radius 3 is 2.90 bits per heavy atom. The van der Waals surface area contributed by atoms with Gasteiger partial charge in [0.2, 0.25) is 5.96 Å². The third kappa shape index (κ3) is 2.80. The molecular weight excluding hydrogens is 282 g/mol. The lowest BCUT2D eigenvalue weighted by molar-refractivity contribution is 0.689. The Morgan fingerprint density at radius 1 is 1.33 bits per heavy atom. The highest BCUT2D eigenvalue weighted by atomic mass is 32.1. The van der Waals surface area contributed by atoms with Crippen LogP contribution >= 0.6 is 11.3 Å². The lowest BCUT2D eigenvalue weighted by atomic mass is 9.83. The van der Waals surface area contributed by atoms with Crippen molar-refractivity contribution in [1.29, 1.82) is 0 Å². The molecule has 2 heterocycles. The fraction of sp³-hybridized carbons (Fsp3) is 0.267. The summed E-state index contributed by atoms with van der Waals surface area (Å²) in [4.78, 5) is 5.88. The number of nitrogens with zero attached hydrogens (tertiary/aromatic N) is 3. The van der Waals surface area contributed by atoms with Crippen molar-refractivity contribution in [3.63, 3.8) is 0 Å². The number of aromatic nitrogens is 1. The molecule has 5 nitrogen and oxygen atoms in total. The molecule has 3 rings (SSSR count). The van der Waals surface area contributed by atoms with Crippen LogP contribution in [0.2, 0.25) is 0 Å². The van der Waals surface area contributed by atoms with Crippen LogP contribution in [0.4, 0.5) is 0 Å². The van der Waals surface area contributed by atoms with Gasteiger partial charge >= 0.3 is 0 Å². The van der Waals surface area contributed by atoms with Crippen LogP contribution in [0.15, 0.2) is 40.0 Å². The molecule has 1 unspecified atom stereocenters. The molecule has 2 aromatic rings. The van der Waals surface area contributed by atoms with Gasteiger partial charge in [-0.1, -0.05) is 6.07 Å². The Labute approximate surface area is 127 Å². The van der Waals surface area contributed by atoms with E-state index in [4.69, 9.17) is 11.5 Å². The van der Waals surface area contributed by atoms with Crippen LogP contribution in [0.1, 0.15) is 34.0 Å². The van der Waals surface area contributed by atoms with E-state index in [0.717, 1.165) is 35.4 Å². The lowest BCUT2D eigenvalue weighted by Crippen LogP contribution is -2.24. The van der Waals surface area contributed by atoms with E-state index in [1.165, 1.54) is 4.88 Å². The van der Waals surface area contributed by atoms with Crippen molar-refractivity contribution < 1.29 is 0 Å². The minimum absolute atomic E-state index is 0.0242. The summed E-state index contributed by atoms with van der Waals surface area (Å²) in [5.74, 6) is 0.364. The Morgan fingerprint density at radius 2 is 2.19 bits per heavy atom. The minimum Gasteiger partial charge on any atom is -0.369 e. The molecule has 108 valence electrons. The zero-order valence-electron chi connectivity index (χ0n) is 11.8. The number of aryl methyl sites for hydroxylation is 1. The molecule has 0 radical (unpaired) electrons. The fourth-order valence-corrected chi connectivity index (χ4v) is 3.57. The third-order valence-electron chi connectivity index (χ3n) is 3.64. The SMILES string of the molecule is Cc1ccnc2c1/C(=N/N=C(N)N)CC(c1cccs1)C2. The first kappa shape index (κ1) is 13.8. The topological polar surface area (TPSA) is 89.6 Å². The Kier molecular flexibility index (Phi) is 3.70. The number of pyridine rings is 1. The smallest absolute Gasteiger partial charge is 0.211 e. The zero-order chi connectivity index (χ0) is 14.8. The molecule has 0 saturated heterocycles. The second kappa shape index (κ2) is 5.65. The molecular formula is C15H17N5S. The second-order valence-electron chi connectivity index (χ2n) is 5.14. The largest absolute Gasteiger partial charge is 0.369 e. The van der Waals surface area contributed by atoms with Crippen molar-refractivity contribution in [2.75, 3.05) is 0 Å². The average Bonchev–Trinajstić information content (AvgIpc) is 2.98. The van der Waals surface area contributed by atoms with Gasteiger partial charge in [0, 0.05) is 29.0 Å².